The molecule has 1 aliphatic rings. The first-order valence-corrected chi connectivity index (χ1v) is 13.1. The van der Waals surface area contributed by atoms with Crippen molar-refractivity contribution in [3.63, 3.8) is 0 Å². The van der Waals surface area contributed by atoms with Crippen LogP contribution in [0, 0.1) is 5.41 Å². The lowest BCUT2D eigenvalue weighted by Crippen LogP contribution is -2.19. The van der Waals surface area contributed by atoms with Gasteiger partial charge < -0.3 is 5.11 Å². The minimum atomic E-state index is -0.900. The van der Waals surface area contributed by atoms with E-state index in [1.165, 1.54) is 41.6 Å². The Morgan fingerprint density at radius 1 is 0.703 bits per heavy atom. The summed E-state index contributed by atoms with van der Waals surface area (Å²) in [5.41, 5.74) is 8.25. The number of hydrogen-bond acceptors (Lipinski definition) is 1. The van der Waals surface area contributed by atoms with Crippen LogP contribution in [0.5, 0.6) is 0 Å². The van der Waals surface area contributed by atoms with Crippen LogP contribution in [0.25, 0.3) is 0 Å². The summed E-state index contributed by atoms with van der Waals surface area (Å²) < 4.78 is 0. The van der Waals surface area contributed by atoms with Crippen LogP contribution in [-0.4, -0.2) is 11.1 Å². The zero-order valence-corrected chi connectivity index (χ0v) is 24.1. The summed E-state index contributed by atoms with van der Waals surface area (Å²) in [5.74, 6) is -0.900. The molecule has 0 atom stereocenters. The third kappa shape index (κ3) is 13.5. The fourth-order valence-electron chi connectivity index (χ4n) is 3.98. The molecule has 1 N–H and O–H groups in total. The minimum absolute atomic E-state index is 0.276. The number of carboxylic acids is 1. The van der Waals surface area contributed by atoms with Gasteiger partial charge in [0.1, 0.15) is 0 Å². The molecule has 1 rings (SSSR count). The third-order valence-corrected chi connectivity index (χ3v) is 6.36. The van der Waals surface area contributed by atoms with Crippen molar-refractivity contribution in [2.45, 2.75) is 74.7 Å². The van der Waals surface area contributed by atoms with Gasteiger partial charge in [-0.25, -0.2) is 4.79 Å². The Morgan fingerprint density at radius 3 is 1.59 bits per heavy atom. The van der Waals surface area contributed by atoms with E-state index in [9.17, 15) is 4.79 Å². The fourth-order valence-corrected chi connectivity index (χ4v) is 3.98. The average molecular weight is 499 g/mol. The van der Waals surface area contributed by atoms with Gasteiger partial charge in [-0.05, 0) is 71.8 Å². The lowest BCUT2D eigenvalue weighted by Gasteiger charge is -2.32. The molecule has 0 fully saturated rings. The molecule has 0 radical (unpaired) electrons. The standard InChI is InChI=1S/C35H46O2/c1-27(17-11-19-29(3)21-13-22-32(6)34(36)37)15-9-10-16-28(2)18-12-20-30(4)24-25-33-31(5)23-14-26-35(33,7)8/h9-13,15-22,24-25H,14,23,26H2,1-8H3,(H,36,37)/b10-9+,17-11?,18-12+,21-13?,25-24+,27-15?,28-16+,29-19?,30-20+,32-22?. The van der Waals surface area contributed by atoms with Crippen LogP contribution in [0.4, 0.5) is 0 Å². The lowest BCUT2D eigenvalue weighted by molar-refractivity contribution is -0.132. The second-order valence-electron chi connectivity index (χ2n) is 10.5. The fraction of sp³-hybridized carbons (Fsp3) is 0.343. The Balaban J connectivity index is 2.63. The van der Waals surface area contributed by atoms with Crippen molar-refractivity contribution in [3.8, 4) is 0 Å². The molecule has 0 aromatic heterocycles. The molecule has 1 aliphatic carbocycles. The van der Waals surface area contributed by atoms with Gasteiger partial charge in [-0.15, -0.1) is 0 Å². The molecule has 2 nitrogen and oxygen atoms in total. The maximum absolute atomic E-state index is 10.8. The van der Waals surface area contributed by atoms with E-state index in [1.54, 1.807) is 19.1 Å². The lowest BCUT2D eigenvalue weighted by atomic mass is 9.72. The van der Waals surface area contributed by atoms with Crippen molar-refractivity contribution in [1.82, 2.24) is 0 Å². The maximum atomic E-state index is 10.8. The quantitative estimate of drug-likeness (QED) is 0.227. The minimum Gasteiger partial charge on any atom is -0.478 e. The molecule has 0 saturated heterocycles. The van der Waals surface area contributed by atoms with E-state index < -0.39 is 5.97 Å². The number of hydrogen-bond donors (Lipinski definition) is 1. The highest BCUT2D eigenvalue weighted by atomic mass is 16.4. The summed E-state index contributed by atoms with van der Waals surface area (Å²) in [5, 5.41) is 8.85. The highest BCUT2D eigenvalue weighted by molar-refractivity contribution is 5.86. The van der Waals surface area contributed by atoms with Gasteiger partial charge >= 0.3 is 5.97 Å². The molecule has 198 valence electrons. The Hall–Kier alpha value is -3.39. The zero-order valence-electron chi connectivity index (χ0n) is 24.1. The van der Waals surface area contributed by atoms with Crippen molar-refractivity contribution >= 4 is 5.97 Å². The molecule has 0 spiro atoms. The Morgan fingerprint density at radius 2 is 1.14 bits per heavy atom. The number of aliphatic carboxylic acids is 1. The Kier molecular flexibility index (Phi) is 14.0. The van der Waals surface area contributed by atoms with E-state index in [1.807, 2.05) is 37.3 Å². The van der Waals surface area contributed by atoms with Crippen LogP contribution in [0.1, 0.15) is 74.7 Å². The van der Waals surface area contributed by atoms with E-state index in [0.717, 1.165) is 11.1 Å². The molecule has 0 aromatic rings. The highest BCUT2D eigenvalue weighted by Gasteiger charge is 2.26. The molecule has 2 heteroatoms. The second kappa shape index (κ2) is 16.4. The SMILES string of the molecule is CC(C=CC=C(C)C(=O)O)=CC=CC(C)=C/C=C/C=C(C)/C=C/C=C(C)/C=C/C1=C(C)CCCC1(C)C. The van der Waals surface area contributed by atoms with Crippen LogP contribution in [0.2, 0.25) is 0 Å². The number of carbonyl (C=O) groups is 1. The third-order valence-electron chi connectivity index (χ3n) is 6.36. The van der Waals surface area contributed by atoms with Crippen LogP contribution in [0.3, 0.4) is 0 Å². The number of carboxylic acid groups (broad SMARTS) is 1. The van der Waals surface area contributed by atoms with Gasteiger partial charge in [0, 0.05) is 5.57 Å². The van der Waals surface area contributed by atoms with Gasteiger partial charge in [0.25, 0.3) is 0 Å². The Labute approximate surface area is 226 Å². The summed E-state index contributed by atoms with van der Waals surface area (Å²) >= 11 is 0. The Bertz CT molecular complexity index is 1130. The van der Waals surface area contributed by atoms with E-state index in [4.69, 9.17) is 5.11 Å². The summed E-state index contributed by atoms with van der Waals surface area (Å²) in [6.07, 6.45) is 34.3. The molecule has 0 heterocycles. The van der Waals surface area contributed by atoms with Crippen LogP contribution < -0.4 is 0 Å². The van der Waals surface area contributed by atoms with Gasteiger partial charge in [-0.3, -0.25) is 0 Å². The van der Waals surface area contributed by atoms with Gasteiger partial charge in [-0.2, -0.15) is 0 Å². The summed E-state index contributed by atoms with van der Waals surface area (Å²) in [6.45, 7) is 16.9. The first-order chi connectivity index (χ1) is 17.4. The van der Waals surface area contributed by atoms with Gasteiger partial charge in [0.05, 0.1) is 0 Å². The zero-order chi connectivity index (χ0) is 27.8. The van der Waals surface area contributed by atoms with Gasteiger partial charge in [0.2, 0.25) is 0 Å². The van der Waals surface area contributed by atoms with E-state index in [-0.39, 0.29) is 5.41 Å². The molecule has 0 aromatic carbocycles. The van der Waals surface area contributed by atoms with Crippen LogP contribution in [-0.2, 0) is 4.79 Å². The highest BCUT2D eigenvalue weighted by Crippen LogP contribution is 2.40. The summed E-state index contributed by atoms with van der Waals surface area (Å²) in [6, 6.07) is 0. The largest absolute Gasteiger partial charge is 0.478 e. The van der Waals surface area contributed by atoms with Crippen molar-refractivity contribution in [2.24, 2.45) is 5.41 Å². The van der Waals surface area contributed by atoms with E-state index >= 15 is 0 Å². The first-order valence-electron chi connectivity index (χ1n) is 13.1. The van der Waals surface area contributed by atoms with Crippen molar-refractivity contribution in [2.75, 3.05) is 0 Å². The molecule has 0 saturated carbocycles. The second-order valence-corrected chi connectivity index (χ2v) is 10.5. The van der Waals surface area contributed by atoms with Crippen molar-refractivity contribution < 1.29 is 9.90 Å². The van der Waals surface area contributed by atoms with Crippen molar-refractivity contribution in [3.05, 3.63) is 130 Å². The summed E-state index contributed by atoms with van der Waals surface area (Å²) in [4.78, 5) is 10.8. The first kappa shape index (κ1) is 31.6. The number of rotatable bonds is 11. The molecule has 0 bridgehead atoms. The monoisotopic (exact) mass is 498 g/mol. The predicted octanol–water partition coefficient (Wildman–Crippen LogP) is 10.1. The molecular formula is C35H46O2. The number of allylic oxidation sites excluding steroid dienone is 21. The smallest absolute Gasteiger partial charge is 0.331 e. The van der Waals surface area contributed by atoms with Gasteiger partial charge in [-0.1, -0.05) is 133 Å². The predicted molar refractivity (Wildman–Crippen MR) is 162 cm³/mol. The van der Waals surface area contributed by atoms with Crippen LogP contribution in [0.15, 0.2) is 130 Å². The topological polar surface area (TPSA) is 37.3 Å². The normalized spacial score (nSPS) is 19.1. The molecule has 0 aliphatic heterocycles. The maximum Gasteiger partial charge on any atom is 0.331 e. The average Bonchev–Trinajstić information content (AvgIpc) is 2.81. The molecule has 0 amide bonds. The van der Waals surface area contributed by atoms with E-state index in [0.29, 0.717) is 5.57 Å². The van der Waals surface area contributed by atoms with E-state index in [2.05, 4.69) is 90.2 Å². The molecular weight excluding hydrogens is 452 g/mol. The van der Waals surface area contributed by atoms with Crippen LogP contribution >= 0.6 is 0 Å². The van der Waals surface area contributed by atoms with Gasteiger partial charge in [0.15, 0.2) is 0 Å². The summed E-state index contributed by atoms with van der Waals surface area (Å²) in [7, 11) is 0. The molecule has 0 unspecified atom stereocenters. The molecule has 37 heavy (non-hydrogen) atoms. The van der Waals surface area contributed by atoms with Crippen molar-refractivity contribution in [1.29, 1.82) is 0 Å².